The highest BCUT2D eigenvalue weighted by molar-refractivity contribution is 5.85. The summed E-state index contributed by atoms with van der Waals surface area (Å²) in [5.41, 5.74) is 2.19. The maximum absolute atomic E-state index is 10.6. The maximum atomic E-state index is 10.6. The summed E-state index contributed by atoms with van der Waals surface area (Å²) in [6.07, 6.45) is 0.919. The fourth-order valence-electron chi connectivity index (χ4n) is 1.23. The number of halogens is 1. The van der Waals surface area contributed by atoms with Crippen molar-refractivity contribution in [2.75, 3.05) is 7.05 Å². The molecule has 0 spiro atoms. The van der Waals surface area contributed by atoms with Crippen molar-refractivity contribution in [2.45, 2.75) is 13.0 Å². The molecule has 0 saturated carbocycles. The Balaban J connectivity index is 0.00000144. The number of benzene rings is 1. The van der Waals surface area contributed by atoms with Crippen molar-refractivity contribution in [3.8, 4) is 0 Å². The van der Waals surface area contributed by atoms with Crippen LogP contribution in [0.5, 0.6) is 0 Å². The number of nitrogens with one attached hydrogen (secondary N) is 1. The van der Waals surface area contributed by atoms with Gasteiger partial charge in [0, 0.05) is 0 Å². The highest BCUT2D eigenvalue weighted by atomic mass is 35.5. The molecule has 0 saturated heterocycles. The van der Waals surface area contributed by atoms with Crippen LogP contribution in [-0.4, -0.2) is 13.3 Å². The van der Waals surface area contributed by atoms with Crippen LogP contribution in [0.3, 0.4) is 0 Å². The molecule has 1 aromatic carbocycles. The molecule has 0 unspecified atom stereocenters. The van der Waals surface area contributed by atoms with Gasteiger partial charge >= 0.3 is 0 Å². The van der Waals surface area contributed by atoms with Gasteiger partial charge in [0.25, 0.3) is 0 Å². The monoisotopic (exact) mass is 199 g/mol. The van der Waals surface area contributed by atoms with Crippen LogP contribution in [0.2, 0.25) is 0 Å². The third kappa shape index (κ3) is 2.83. The van der Waals surface area contributed by atoms with Gasteiger partial charge in [-0.2, -0.15) is 0 Å². The van der Waals surface area contributed by atoms with E-state index in [4.69, 9.17) is 0 Å². The minimum Gasteiger partial charge on any atom is -0.307 e. The lowest BCUT2D eigenvalue weighted by molar-refractivity contribution is -0.109. The predicted octanol–water partition coefficient (Wildman–Crippen LogP) is 1.88. The van der Waals surface area contributed by atoms with Gasteiger partial charge in [0.15, 0.2) is 0 Å². The first kappa shape index (κ1) is 12.1. The first-order valence-electron chi connectivity index (χ1n) is 3.97. The maximum Gasteiger partial charge on any atom is 0.141 e. The molecule has 1 atom stereocenters. The standard InChI is InChI=1S/C10H13NO.ClH/c1-8-5-3-4-6-9(8)10(7-12)11-2;/h3-7,10-11H,1-2H3;1H/t10-;/m1./s1. The molecule has 0 aliphatic carbocycles. The Morgan fingerprint density at radius 3 is 2.46 bits per heavy atom. The van der Waals surface area contributed by atoms with Gasteiger partial charge in [0.05, 0.1) is 6.04 Å². The van der Waals surface area contributed by atoms with Gasteiger partial charge < -0.3 is 10.1 Å². The summed E-state index contributed by atoms with van der Waals surface area (Å²) in [7, 11) is 1.78. The van der Waals surface area contributed by atoms with E-state index in [0.29, 0.717) is 0 Å². The second kappa shape index (κ2) is 5.73. The quantitative estimate of drug-likeness (QED) is 0.754. The molecule has 0 aromatic heterocycles. The van der Waals surface area contributed by atoms with Crippen molar-refractivity contribution in [1.29, 1.82) is 0 Å². The van der Waals surface area contributed by atoms with Crippen LogP contribution in [-0.2, 0) is 4.79 Å². The van der Waals surface area contributed by atoms with E-state index in [1.807, 2.05) is 31.2 Å². The predicted molar refractivity (Wildman–Crippen MR) is 56.3 cm³/mol. The molecule has 72 valence electrons. The Labute approximate surface area is 84.8 Å². The Morgan fingerprint density at radius 2 is 2.00 bits per heavy atom. The SMILES string of the molecule is CN[C@H](C=O)c1ccccc1C.Cl. The molecular weight excluding hydrogens is 186 g/mol. The third-order valence-corrected chi connectivity index (χ3v) is 1.97. The number of rotatable bonds is 3. The topological polar surface area (TPSA) is 29.1 Å². The lowest BCUT2D eigenvalue weighted by Gasteiger charge is -2.11. The van der Waals surface area contributed by atoms with Crippen LogP contribution < -0.4 is 5.32 Å². The summed E-state index contributed by atoms with van der Waals surface area (Å²) in [5.74, 6) is 0. The highest BCUT2D eigenvalue weighted by Gasteiger charge is 2.08. The minimum atomic E-state index is -0.175. The first-order valence-corrected chi connectivity index (χ1v) is 3.97. The van der Waals surface area contributed by atoms with Crippen molar-refractivity contribution in [2.24, 2.45) is 0 Å². The van der Waals surface area contributed by atoms with Crippen molar-refractivity contribution in [1.82, 2.24) is 5.32 Å². The molecule has 1 aromatic rings. The Hall–Kier alpha value is -0.860. The molecule has 0 heterocycles. The van der Waals surface area contributed by atoms with Crippen molar-refractivity contribution in [3.05, 3.63) is 35.4 Å². The van der Waals surface area contributed by atoms with Crippen LogP contribution in [0.15, 0.2) is 24.3 Å². The number of likely N-dealkylation sites (N-methyl/N-ethyl adjacent to an activating group) is 1. The number of hydrogen-bond acceptors (Lipinski definition) is 2. The van der Waals surface area contributed by atoms with Gasteiger partial charge in [0.2, 0.25) is 0 Å². The zero-order valence-electron chi connectivity index (χ0n) is 7.78. The van der Waals surface area contributed by atoms with Crippen LogP contribution in [0.4, 0.5) is 0 Å². The van der Waals surface area contributed by atoms with Gasteiger partial charge in [-0.15, -0.1) is 12.4 Å². The van der Waals surface area contributed by atoms with E-state index in [0.717, 1.165) is 17.4 Å². The molecule has 1 N–H and O–H groups in total. The van der Waals surface area contributed by atoms with Crippen LogP contribution in [0.25, 0.3) is 0 Å². The molecule has 0 aliphatic heterocycles. The molecule has 0 amide bonds. The van der Waals surface area contributed by atoms with Crippen LogP contribution in [0, 0.1) is 6.92 Å². The summed E-state index contributed by atoms with van der Waals surface area (Å²) in [6.45, 7) is 2.00. The summed E-state index contributed by atoms with van der Waals surface area (Å²) in [5, 5.41) is 2.94. The van der Waals surface area contributed by atoms with Gasteiger partial charge in [-0.3, -0.25) is 0 Å². The second-order valence-electron chi connectivity index (χ2n) is 2.76. The smallest absolute Gasteiger partial charge is 0.141 e. The normalized spacial score (nSPS) is 11.5. The van der Waals surface area contributed by atoms with E-state index in [2.05, 4.69) is 5.32 Å². The number of aldehydes is 1. The minimum absolute atomic E-state index is 0. The van der Waals surface area contributed by atoms with Gasteiger partial charge in [-0.1, -0.05) is 24.3 Å². The summed E-state index contributed by atoms with van der Waals surface area (Å²) >= 11 is 0. The fourth-order valence-corrected chi connectivity index (χ4v) is 1.23. The van der Waals surface area contributed by atoms with Crippen molar-refractivity contribution in [3.63, 3.8) is 0 Å². The van der Waals surface area contributed by atoms with Crippen molar-refractivity contribution < 1.29 is 4.79 Å². The molecule has 0 aliphatic rings. The summed E-state index contributed by atoms with van der Waals surface area (Å²) in [6, 6.07) is 7.70. The lowest BCUT2D eigenvalue weighted by Crippen LogP contribution is -2.18. The second-order valence-corrected chi connectivity index (χ2v) is 2.76. The van der Waals surface area contributed by atoms with Gasteiger partial charge in [0.1, 0.15) is 6.29 Å². The number of carbonyl (C=O) groups is 1. The third-order valence-electron chi connectivity index (χ3n) is 1.97. The molecular formula is C10H14ClNO. The van der Waals surface area contributed by atoms with Gasteiger partial charge in [-0.25, -0.2) is 0 Å². The van der Waals surface area contributed by atoms with E-state index < -0.39 is 0 Å². The fraction of sp³-hybridized carbons (Fsp3) is 0.300. The molecule has 1 rings (SSSR count). The summed E-state index contributed by atoms with van der Waals surface area (Å²) < 4.78 is 0. The average molecular weight is 200 g/mol. The van der Waals surface area contributed by atoms with Crippen LogP contribution >= 0.6 is 12.4 Å². The highest BCUT2D eigenvalue weighted by Crippen LogP contribution is 2.14. The Bertz CT molecular complexity index is 275. The molecule has 13 heavy (non-hydrogen) atoms. The van der Waals surface area contributed by atoms with Crippen molar-refractivity contribution >= 4 is 18.7 Å². The molecule has 3 heteroatoms. The molecule has 0 radical (unpaired) electrons. The largest absolute Gasteiger partial charge is 0.307 e. The molecule has 0 fully saturated rings. The molecule has 2 nitrogen and oxygen atoms in total. The van der Waals surface area contributed by atoms with E-state index >= 15 is 0 Å². The molecule has 0 bridgehead atoms. The average Bonchev–Trinajstić information content (AvgIpc) is 2.10. The number of carbonyl (C=O) groups excluding carboxylic acids is 1. The Kier molecular flexibility index (Phi) is 5.35. The number of hydrogen-bond donors (Lipinski definition) is 1. The van der Waals surface area contributed by atoms with Gasteiger partial charge in [-0.05, 0) is 25.1 Å². The lowest BCUT2D eigenvalue weighted by atomic mass is 10.0. The van der Waals surface area contributed by atoms with E-state index in [9.17, 15) is 4.79 Å². The van der Waals surface area contributed by atoms with Crippen LogP contribution in [0.1, 0.15) is 17.2 Å². The zero-order valence-corrected chi connectivity index (χ0v) is 8.60. The van der Waals surface area contributed by atoms with E-state index in [1.54, 1.807) is 7.05 Å². The summed E-state index contributed by atoms with van der Waals surface area (Å²) in [4.78, 5) is 10.6. The van der Waals surface area contributed by atoms with E-state index in [1.165, 1.54) is 0 Å². The number of aryl methyl sites for hydroxylation is 1. The first-order chi connectivity index (χ1) is 5.79. The Morgan fingerprint density at radius 1 is 1.38 bits per heavy atom. The van der Waals surface area contributed by atoms with E-state index in [-0.39, 0.29) is 18.4 Å². The zero-order chi connectivity index (χ0) is 8.97.